The van der Waals surface area contributed by atoms with Gasteiger partial charge in [0.05, 0.1) is 9.77 Å². The van der Waals surface area contributed by atoms with E-state index in [0.29, 0.717) is 13.1 Å². The highest BCUT2D eigenvalue weighted by atomic mass is 32.2. The van der Waals surface area contributed by atoms with Crippen molar-refractivity contribution in [1.29, 1.82) is 0 Å². The van der Waals surface area contributed by atoms with Gasteiger partial charge in [0.25, 0.3) is 5.91 Å². The van der Waals surface area contributed by atoms with Crippen molar-refractivity contribution in [1.82, 2.24) is 9.21 Å². The minimum atomic E-state index is -3.50. The van der Waals surface area contributed by atoms with Crippen LogP contribution in [0.5, 0.6) is 0 Å². The first-order valence-electron chi connectivity index (χ1n) is 6.56. The van der Waals surface area contributed by atoms with Gasteiger partial charge in [-0.15, -0.1) is 11.3 Å². The van der Waals surface area contributed by atoms with Crippen LogP contribution in [0.1, 0.15) is 23.0 Å². The predicted molar refractivity (Wildman–Crippen MR) is 78.3 cm³/mol. The van der Waals surface area contributed by atoms with Gasteiger partial charge in [-0.1, -0.05) is 6.92 Å². The lowest BCUT2D eigenvalue weighted by atomic mass is 10.3. The number of amides is 1. The molecule has 1 fully saturated rings. The van der Waals surface area contributed by atoms with E-state index in [-0.39, 0.29) is 9.77 Å². The molecule has 1 saturated heterocycles. The summed E-state index contributed by atoms with van der Waals surface area (Å²) in [5.41, 5.74) is 5.16. The number of nitrogens with zero attached hydrogens (tertiary/aromatic N) is 2. The highest BCUT2D eigenvalue weighted by Crippen LogP contribution is 2.23. The van der Waals surface area contributed by atoms with Crippen molar-refractivity contribution in [2.75, 3.05) is 32.7 Å². The van der Waals surface area contributed by atoms with Crippen molar-refractivity contribution in [3.8, 4) is 0 Å². The summed E-state index contributed by atoms with van der Waals surface area (Å²) in [4.78, 5) is 13.7. The van der Waals surface area contributed by atoms with Crippen molar-refractivity contribution < 1.29 is 13.2 Å². The zero-order valence-corrected chi connectivity index (χ0v) is 13.0. The molecule has 1 aromatic heterocycles. The van der Waals surface area contributed by atoms with Crippen molar-refractivity contribution in [3.05, 3.63) is 16.3 Å². The molecule has 112 valence electrons. The number of carbonyl (C=O) groups is 1. The fraction of sp³-hybridized carbons (Fsp3) is 0.583. The molecule has 0 radical (unpaired) electrons. The second-order valence-corrected chi connectivity index (χ2v) is 7.61. The van der Waals surface area contributed by atoms with Crippen LogP contribution in [-0.2, 0) is 10.0 Å². The van der Waals surface area contributed by atoms with Gasteiger partial charge in [0.2, 0.25) is 10.0 Å². The van der Waals surface area contributed by atoms with Crippen molar-refractivity contribution in [2.45, 2.75) is 18.2 Å². The van der Waals surface area contributed by atoms with E-state index in [1.807, 2.05) is 0 Å². The molecule has 0 bridgehead atoms. The zero-order chi connectivity index (χ0) is 14.8. The molecule has 0 aliphatic carbocycles. The number of piperazine rings is 1. The molecule has 1 aromatic rings. The summed E-state index contributed by atoms with van der Waals surface area (Å²) in [7, 11) is -3.50. The Hall–Kier alpha value is -0.960. The Kier molecular flexibility index (Phi) is 4.79. The Bertz CT molecular complexity index is 575. The Morgan fingerprint density at radius 2 is 2.00 bits per heavy atom. The number of nitrogens with two attached hydrogens (primary N) is 1. The minimum absolute atomic E-state index is 0.167. The smallest absolute Gasteiger partial charge is 0.258 e. The molecule has 0 saturated carbocycles. The standard InChI is InChI=1S/C12H19N3O3S2/c1-2-3-14-4-6-15(7-5-14)20(17,18)10-8-11(12(13)16)19-9-10/h8-9H,2-7H2,1H3,(H2,13,16). The van der Waals surface area contributed by atoms with Crippen molar-refractivity contribution in [2.24, 2.45) is 5.73 Å². The van der Waals surface area contributed by atoms with Crippen LogP contribution in [0.15, 0.2) is 16.3 Å². The van der Waals surface area contributed by atoms with Crippen LogP contribution < -0.4 is 5.73 Å². The second-order valence-electron chi connectivity index (χ2n) is 4.76. The highest BCUT2D eigenvalue weighted by molar-refractivity contribution is 7.89. The van der Waals surface area contributed by atoms with Gasteiger partial charge in [-0.05, 0) is 19.0 Å². The number of rotatable bonds is 5. The average Bonchev–Trinajstić information content (AvgIpc) is 2.90. The largest absolute Gasteiger partial charge is 0.365 e. The number of primary amides is 1. The van der Waals surface area contributed by atoms with Crippen LogP contribution in [0.25, 0.3) is 0 Å². The van der Waals surface area contributed by atoms with Crippen LogP contribution in [0.2, 0.25) is 0 Å². The normalized spacial score (nSPS) is 18.2. The Morgan fingerprint density at radius 3 is 2.50 bits per heavy atom. The molecule has 1 aliphatic heterocycles. The molecule has 0 spiro atoms. The summed E-state index contributed by atoms with van der Waals surface area (Å²) in [5.74, 6) is -0.593. The van der Waals surface area contributed by atoms with E-state index >= 15 is 0 Å². The molecular formula is C12H19N3O3S2. The molecule has 0 aromatic carbocycles. The number of hydrogen-bond acceptors (Lipinski definition) is 5. The van der Waals surface area contributed by atoms with Crippen LogP contribution in [0.3, 0.4) is 0 Å². The molecule has 6 nitrogen and oxygen atoms in total. The van der Waals surface area contributed by atoms with Gasteiger partial charge in [-0.2, -0.15) is 4.31 Å². The van der Waals surface area contributed by atoms with E-state index in [9.17, 15) is 13.2 Å². The topological polar surface area (TPSA) is 83.7 Å². The third kappa shape index (κ3) is 3.20. The first-order valence-corrected chi connectivity index (χ1v) is 8.88. The summed E-state index contributed by atoms with van der Waals surface area (Å²) >= 11 is 1.07. The third-order valence-corrected chi connectivity index (χ3v) is 6.30. The van der Waals surface area contributed by atoms with Crippen LogP contribution in [0, 0.1) is 0 Å². The summed E-state index contributed by atoms with van der Waals surface area (Å²) in [6, 6.07) is 1.36. The maximum absolute atomic E-state index is 12.4. The summed E-state index contributed by atoms with van der Waals surface area (Å²) in [6.45, 7) is 5.59. The Balaban J connectivity index is 2.09. The SMILES string of the molecule is CCCN1CCN(S(=O)(=O)c2csc(C(N)=O)c2)CC1. The van der Waals surface area contributed by atoms with Gasteiger partial charge in [0, 0.05) is 31.6 Å². The fourth-order valence-electron chi connectivity index (χ4n) is 2.24. The van der Waals surface area contributed by atoms with Gasteiger partial charge in [-0.3, -0.25) is 4.79 Å². The second kappa shape index (κ2) is 6.21. The first kappa shape index (κ1) is 15.4. The van der Waals surface area contributed by atoms with Gasteiger partial charge in [0.1, 0.15) is 0 Å². The van der Waals surface area contributed by atoms with E-state index < -0.39 is 15.9 Å². The van der Waals surface area contributed by atoms with E-state index in [1.165, 1.54) is 15.8 Å². The lowest BCUT2D eigenvalue weighted by Crippen LogP contribution is -2.48. The molecule has 1 amide bonds. The molecule has 2 N–H and O–H groups in total. The van der Waals surface area contributed by atoms with E-state index in [2.05, 4.69) is 11.8 Å². The van der Waals surface area contributed by atoms with Gasteiger partial charge >= 0.3 is 0 Å². The maximum atomic E-state index is 12.4. The average molecular weight is 317 g/mol. The number of sulfonamides is 1. The molecule has 20 heavy (non-hydrogen) atoms. The lowest BCUT2D eigenvalue weighted by Gasteiger charge is -2.33. The minimum Gasteiger partial charge on any atom is -0.365 e. The highest BCUT2D eigenvalue weighted by Gasteiger charge is 2.29. The number of thiophene rings is 1. The molecule has 0 atom stereocenters. The number of hydrogen-bond donors (Lipinski definition) is 1. The van der Waals surface area contributed by atoms with E-state index in [4.69, 9.17) is 5.73 Å². The summed E-state index contributed by atoms with van der Waals surface area (Å²) in [5, 5.41) is 1.48. The predicted octanol–water partition coefficient (Wildman–Crippen LogP) is 0.563. The van der Waals surface area contributed by atoms with Crippen LogP contribution >= 0.6 is 11.3 Å². The van der Waals surface area contributed by atoms with Crippen molar-refractivity contribution >= 4 is 27.3 Å². The molecule has 2 rings (SSSR count). The fourth-order valence-corrected chi connectivity index (χ4v) is 4.78. The maximum Gasteiger partial charge on any atom is 0.258 e. The quantitative estimate of drug-likeness (QED) is 0.860. The summed E-state index contributed by atoms with van der Waals surface area (Å²) in [6.07, 6.45) is 1.07. The van der Waals surface area contributed by atoms with Gasteiger partial charge < -0.3 is 10.6 Å². The Labute approximate surface area is 123 Å². The molecule has 1 aliphatic rings. The summed E-state index contributed by atoms with van der Waals surface area (Å²) < 4.78 is 26.4. The van der Waals surface area contributed by atoms with Gasteiger partial charge in [-0.25, -0.2) is 8.42 Å². The van der Waals surface area contributed by atoms with Crippen molar-refractivity contribution in [3.63, 3.8) is 0 Å². The Morgan fingerprint density at radius 1 is 1.35 bits per heavy atom. The van der Waals surface area contributed by atoms with E-state index in [0.717, 1.165) is 37.4 Å². The molecule has 0 unspecified atom stereocenters. The molecule has 8 heteroatoms. The van der Waals surface area contributed by atoms with Gasteiger partial charge in [0.15, 0.2) is 0 Å². The van der Waals surface area contributed by atoms with Crippen LogP contribution in [-0.4, -0.2) is 56.3 Å². The zero-order valence-electron chi connectivity index (χ0n) is 11.4. The first-order chi connectivity index (χ1) is 9.45. The number of carbonyl (C=O) groups excluding carboxylic acids is 1. The van der Waals surface area contributed by atoms with E-state index in [1.54, 1.807) is 0 Å². The molecular weight excluding hydrogens is 298 g/mol. The lowest BCUT2D eigenvalue weighted by molar-refractivity contribution is 0.100. The monoisotopic (exact) mass is 317 g/mol. The molecule has 2 heterocycles. The van der Waals surface area contributed by atoms with Crippen LogP contribution in [0.4, 0.5) is 0 Å². The third-order valence-electron chi connectivity index (χ3n) is 3.33.